The Morgan fingerprint density at radius 3 is 2.65 bits per heavy atom. The van der Waals surface area contributed by atoms with Gasteiger partial charge >= 0.3 is 5.97 Å². The molecule has 3 aliphatic heterocycles. The Bertz CT molecular complexity index is 2280. The molecule has 1 saturated carbocycles. The Morgan fingerprint density at radius 1 is 1.15 bits per heavy atom. The van der Waals surface area contributed by atoms with Gasteiger partial charge in [0.2, 0.25) is 12.3 Å². The molecule has 1 aromatic carbocycles. The number of benzene rings is 1. The molecule has 8 rings (SSSR count). The van der Waals surface area contributed by atoms with Crippen molar-refractivity contribution in [1.29, 1.82) is 0 Å². The van der Waals surface area contributed by atoms with Crippen LogP contribution in [0.1, 0.15) is 69.3 Å². The Morgan fingerprint density at radius 2 is 1.93 bits per heavy atom. The number of hydrogen-bond acceptors (Lipinski definition) is 11. The highest BCUT2D eigenvalue weighted by molar-refractivity contribution is 7.10. The average molecular weight is 852 g/mol. The Kier molecular flexibility index (Phi) is 12.0. The zero-order valence-corrected chi connectivity index (χ0v) is 35.4. The average Bonchev–Trinajstić information content (AvgIpc) is 3.86. The lowest BCUT2D eigenvalue weighted by molar-refractivity contribution is -0.155. The Balaban J connectivity index is 1.27. The van der Waals surface area contributed by atoms with E-state index in [-0.39, 0.29) is 37.7 Å². The first-order chi connectivity index (χ1) is 28.8. The molecule has 6 bridgehead atoms. The lowest BCUT2D eigenvalue weighted by atomic mass is 9.84. The first kappa shape index (κ1) is 42.1. The summed E-state index contributed by atoms with van der Waals surface area (Å²) >= 11 is 1.21. The van der Waals surface area contributed by atoms with Crippen LogP contribution >= 0.6 is 11.3 Å². The molecular weight excluding hydrogens is 800 g/mol. The summed E-state index contributed by atoms with van der Waals surface area (Å²) in [6.07, 6.45) is 0.156. The number of rotatable bonds is 8. The van der Waals surface area contributed by atoms with E-state index >= 15 is 4.39 Å². The molecule has 5 atom stereocenters. The number of amides is 2. The van der Waals surface area contributed by atoms with Gasteiger partial charge in [-0.05, 0) is 63.3 Å². The summed E-state index contributed by atoms with van der Waals surface area (Å²) in [5.41, 5.74) is 7.99. The second-order valence-corrected chi connectivity index (χ2v) is 18.0. The fourth-order valence-electron chi connectivity index (χ4n) is 8.71. The van der Waals surface area contributed by atoms with E-state index in [4.69, 9.17) is 24.2 Å². The van der Waals surface area contributed by atoms with Crippen molar-refractivity contribution in [3.05, 3.63) is 51.9 Å². The van der Waals surface area contributed by atoms with E-state index in [0.717, 1.165) is 33.6 Å². The van der Waals surface area contributed by atoms with Gasteiger partial charge in [0.15, 0.2) is 0 Å². The Labute approximate surface area is 350 Å². The highest BCUT2D eigenvalue weighted by Gasteiger charge is 2.50. The molecule has 2 amide bonds. The highest BCUT2D eigenvalue weighted by atomic mass is 32.1. The van der Waals surface area contributed by atoms with E-state index in [9.17, 15) is 23.2 Å². The standard InChI is InChI=1S/C43H52F3N7O6S/c1-6-52-35-17-31(44)28-15-25(35)30(38(52)29-14-24(51-10-12-58-13-11-51)20-47-37(29)23(2)57-5)19-43(3,4)22-59-42(56)32-8-7-9-53(50-32)41(55)33(18-36-48-34(28)21-60-36)49-40(54)27-16-26(27)39(45)46/h14-15,17,20-21,23,26-27,32-33,39,50H,6-13,16,18-19,22H2,1-5H3,(H,49,54)/t23-,26-,27-,32-,33-/m0/s1. The van der Waals surface area contributed by atoms with Gasteiger partial charge in [0.05, 0.1) is 65.4 Å². The fraction of sp³-hybridized carbons (Fsp3) is 0.558. The maximum absolute atomic E-state index is 16.6. The number of ether oxygens (including phenoxy) is 3. The summed E-state index contributed by atoms with van der Waals surface area (Å²) in [6, 6.07) is 3.48. The first-order valence-electron chi connectivity index (χ1n) is 20.7. The van der Waals surface area contributed by atoms with Crippen molar-refractivity contribution in [3.8, 4) is 22.5 Å². The minimum atomic E-state index is -2.64. The second-order valence-electron chi connectivity index (χ2n) is 17.0. The van der Waals surface area contributed by atoms with Gasteiger partial charge in [0, 0.05) is 78.9 Å². The van der Waals surface area contributed by atoms with Crippen molar-refractivity contribution < 1.29 is 41.8 Å². The maximum Gasteiger partial charge on any atom is 0.324 e. The zero-order valence-electron chi connectivity index (χ0n) is 34.6. The molecular formula is C43H52F3N7O6S. The van der Waals surface area contributed by atoms with Crippen molar-refractivity contribution in [2.24, 2.45) is 17.3 Å². The molecule has 3 aromatic heterocycles. The minimum absolute atomic E-state index is 0.0335. The van der Waals surface area contributed by atoms with Crippen LogP contribution in [-0.2, 0) is 48.0 Å². The van der Waals surface area contributed by atoms with Crippen LogP contribution in [0.5, 0.6) is 0 Å². The summed E-state index contributed by atoms with van der Waals surface area (Å²) in [6.45, 7) is 11.4. The number of fused-ring (bicyclic) bond motifs is 6. The number of halogens is 3. The summed E-state index contributed by atoms with van der Waals surface area (Å²) in [7, 11) is 1.64. The largest absolute Gasteiger partial charge is 0.464 e. The van der Waals surface area contributed by atoms with Crippen LogP contribution in [0.25, 0.3) is 33.4 Å². The SMILES string of the molecule is CCn1c(-c2cc(N3CCOCC3)cnc2[C@H](C)OC)c2c3cc(c(F)cc31)-c1csc(n1)C[C@H](NC(=O)[C@H]1C[C@@H]1C(F)F)C(=O)N1CCC[C@H](N1)C(=O)OCC(C)(C)C2. The van der Waals surface area contributed by atoms with E-state index in [2.05, 4.69) is 26.3 Å². The summed E-state index contributed by atoms with van der Waals surface area (Å²) in [5.74, 6) is -4.15. The van der Waals surface area contributed by atoms with Gasteiger partial charge in [0.1, 0.15) is 17.9 Å². The fourth-order valence-corrected chi connectivity index (χ4v) is 9.55. The van der Waals surface area contributed by atoms with Gasteiger partial charge < -0.3 is 29.0 Å². The number of carbonyl (C=O) groups excluding carboxylic acids is 3. The van der Waals surface area contributed by atoms with E-state index in [0.29, 0.717) is 68.3 Å². The summed E-state index contributed by atoms with van der Waals surface area (Å²) in [4.78, 5) is 53.1. The molecule has 2 saturated heterocycles. The summed E-state index contributed by atoms with van der Waals surface area (Å²) < 4.78 is 63.1. The lowest BCUT2D eigenvalue weighted by Gasteiger charge is -2.35. The van der Waals surface area contributed by atoms with Crippen molar-refractivity contribution in [2.45, 2.75) is 91.0 Å². The van der Waals surface area contributed by atoms with Gasteiger partial charge in [-0.2, -0.15) is 0 Å². The van der Waals surface area contributed by atoms with E-state index in [1.807, 2.05) is 40.0 Å². The number of thiazole rings is 1. The number of esters is 1. The molecule has 0 spiro atoms. The van der Waals surface area contributed by atoms with E-state index in [1.165, 1.54) is 22.4 Å². The topological polar surface area (TPSA) is 140 Å². The number of carbonyl (C=O) groups is 3. The van der Waals surface area contributed by atoms with Crippen LogP contribution in [0.3, 0.4) is 0 Å². The zero-order chi connectivity index (χ0) is 42.5. The van der Waals surface area contributed by atoms with Gasteiger partial charge in [-0.1, -0.05) is 13.8 Å². The quantitative estimate of drug-likeness (QED) is 0.201. The highest BCUT2D eigenvalue weighted by Crippen LogP contribution is 2.45. The molecule has 322 valence electrons. The van der Waals surface area contributed by atoms with Gasteiger partial charge in [0.25, 0.3) is 5.91 Å². The third kappa shape index (κ3) is 8.37. The Hall–Kier alpha value is -4.58. The molecule has 0 radical (unpaired) electrons. The number of aromatic nitrogens is 3. The molecule has 1 aliphatic carbocycles. The predicted molar refractivity (Wildman–Crippen MR) is 220 cm³/mol. The van der Waals surface area contributed by atoms with E-state index in [1.54, 1.807) is 12.5 Å². The third-order valence-electron chi connectivity index (χ3n) is 12.2. The van der Waals surface area contributed by atoms with Crippen molar-refractivity contribution in [3.63, 3.8) is 0 Å². The monoisotopic (exact) mass is 851 g/mol. The number of hydrogen-bond donors (Lipinski definition) is 2. The number of anilines is 1. The molecule has 2 N–H and O–H groups in total. The van der Waals surface area contributed by atoms with Crippen LogP contribution in [-0.4, -0.2) is 102 Å². The number of hydrazine groups is 1. The van der Waals surface area contributed by atoms with Crippen molar-refractivity contribution in [2.75, 3.05) is 51.5 Å². The molecule has 60 heavy (non-hydrogen) atoms. The number of nitrogens with one attached hydrogen (secondary N) is 2. The number of aryl methyl sites for hydroxylation is 1. The first-order valence-corrected chi connectivity index (χ1v) is 21.6. The number of nitrogens with zero attached hydrogens (tertiary/aromatic N) is 5. The minimum Gasteiger partial charge on any atom is -0.464 e. The molecule has 4 aliphatic rings. The number of pyridine rings is 1. The van der Waals surface area contributed by atoms with Crippen molar-refractivity contribution in [1.82, 2.24) is 30.3 Å². The van der Waals surface area contributed by atoms with Crippen LogP contribution in [0.15, 0.2) is 29.8 Å². The van der Waals surface area contributed by atoms with Gasteiger partial charge in [-0.25, -0.2) is 23.6 Å². The number of cyclic esters (lactones) is 1. The molecule has 6 heterocycles. The van der Waals surface area contributed by atoms with Crippen LogP contribution in [0.2, 0.25) is 0 Å². The third-order valence-corrected chi connectivity index (χ3v) is 13.0. The van der Waals surface area contributed by atoms with Gasteiger partial charge in [-0.3, -0.25) is 24.4 Å². The molecule has 0 unspecified atom stereocenters. The normalized spacial score (nSPS) is 24.0. The number of methoxy groups -OCH3 is 1. The lowest BCUT2D eigenvalue weighted by Crippen LogP contribution is -2.60. The molecule has 13 nitrogen and oxygen atoms in total. The molecule has 4 aromatic rings. The summed E-state index contributed by atoms with van der Waals surface area (Å²) in [5, 5.41) is 6.98. The predicted octanol–water partition coefficient (Wildman–Crippen LogP) is 6.08. The molecule has 3 fully saturated rings. The number of morpholine rings is 1. The van der Waals surface area contributed by atoms with Crippen LogP contribution in [0.4, 0.5) is 18.9 Å². The van der Waals surface area contributed by atoms with Crippen LogP contribution < -0.4 is 15.6 Å². The number of alkyl halides is 2. The van der Waals surface area contributed by atoms with Crippen molar-refractivity contribution >= 4 is 45.7 Å². The van der Waals surface area contributed by atoms with Gasteiger partial charge in [-0.15, -0.1) is 11.3 Å². The molecule has 17 heteroatoms. The van der Waals surface area contributed by atoms with E-state index < -0.39 is 59.4 Å². The van der Waals surface area contributed by atoms with Crippen LogP contribution in [0, 0.1) is 23.1 Å². The smallest absolute Gasteiger partial charge is 0.324 e. The maximum atomic E-state index is 16.6. The second kappa shape index (κ2) is 17.1.